The summed E-state index contributed by atoms with van der Waals surface area (Å²) in [5.41, 5.74) is -0.269. The van der Waals surface area contributed by atoms with Gasteiger partial charge in [0, 0.05) is 13.0 Å². The monoisotopic (exact) mass is 335 g/mol. The highest BCUT2D eigenvalue weighted by Crippen LogP contribution is 2.60. The zero-order chi connectivity index (χ0) is 17.1. The van der Waals surface area contributed by atoms with Gasteiger partial charge in [-0.3, -0.25) is 4.79 Å². The number of likely N-dealkylation sites (tertiary alicyclic amines) is 1. The van der Waals surface area contributed by atoms with Gasteiger partial charge in [-0.2, -0.15) is 0 Å². The first kappa shape index (κ1) is 16.4. The van der Waals surface area contributed by atoms with E-state index >= 15 is 0 Å². The van der Waals surface area contributed by atoms with Crippen LogP contribution in [0.25, 0.3) is 0 Å². The Balaban J connectivity index is 1.55. The summed E-state index contributed by atoms with van der Waals surface area (Å²) in [4.78, 5) is 27.5. The summed E-state index contributed by atoms with van der Waals surface area (Å²) in [7, 11) is 0. The molecule has 1 N–H and O–H groups in total. The summed E-state index contributed by atoms with van der Waals surface area (Å²) in [5, 5.41) is 10.1. The quantitative estimate of drug-likeness (QED) is 0.802. The minimum absolute atomic E-state index is 0.115. The molecule has 0 spiro atoms. The van der Waals surface area contributed by atoms with Crippen molar-refractivity contribution in [3.05, 3.63) is 0 Å². The number of carbonyl (C=O) groups excluding carboxylic acids is 2. The first-order valence-electron chi connectivity index (χ1n) is 9.56. The Bertz CT molecular complexity index is 508. The summed E-state index contributed by atoms with van der Waals surface area (Å²) in [5.74, 6) is 1.82. The predicted octanol–water partition coefficient (Wildman–Crippen LogP) is 2.12. The van der Waals surface area contributed by atoms with E-state index in [-0.39, 0.29) is 29.9 Å². The van der Waals surface area contributed by atoms with E-state index in [1.165, 1.54) is 19.3 Å². The van der Waals surface area contributed by atoms with Gasteiger partial charge in [0.1, 0.15) is 6.04 Å². The van der Waals surface area contributed by atoms with Crippen LogP contribution in [0.1, 0.15) is 58.8 Å². The van der Waals surface area contributed by atoms with Crippen LogP contribution < -0.4 is 0 Å². The predicted molar refractivity (Wildman–Crippen MR) is 88.0 cm³/mol. The van der Waals surface area contributed by atoms with Crippen LogP contribution in [0, 0.1) is 23.2 Å². The van der Waals surface area contributed by atoms with Gasteiger partial charge in [-0.25, -0.2) is 4.79 Å². The molecule has 1 heterocycles. The lowest BCUT2D eigenvalue weighted by Crippen LogP contribution is -2.56. The lowest BCUT2D eigenvalue weighted by atomic mass is 9.49. The first-order valence-corrected chi connectivity index (χ1v) is 9.56. The van der Waals surface area contributed by atoms with Gasteiger partial charge in [-0.05, 0) is 70.1 Å². The third-order valence-electron chi connectivity index (χ3n) is 6.66. The molecule has 1 aliphatic heterocycles. The van der Waals surface area contributed by atoms with Crippen LogP contribution >= 0.6 is 0 Å². The van der Waals surface area contributed by atoms with Crippen LogP contribution in [0.4, 0.5) is 0 Å². The van der Waals surface area contributed by atoms with Crippen molar-refractivity contribution >= 4 is 11.9 Å². The van der Waals surface area contributed by atoms with Crippen molar-refractivity contribution < 1.29 is 19.4 Å². The van der Waals surface area contributed by atoms with E-state index in [4.69, 9.17) is 4.74 Å². The molecule has 4 aliphatic carbocycles. The molecule has 4 saturated carbocycles. The van der Waals surface area contributed by atoms with Gasteiger partial charge in [0.25, 0.3) is 0 Å². The van der Waals surface area contributed by atoms with E-state index < -0.39 is 12.1 Å². The molecular weight excluding hydrogens is 306 g/mol. The van der Waals surface area contributed by atoms with Crippen LogP contribution in [0.2, 0.25) is 0 Å². The Hall–Kier alpha value is -1.10. The number of hydrogen-bond acceptors (Lipinski definition) is 4. The van der Waals surface area contributed by atoms with Crippen LogP contribution in [0.3, 0.4) is 0 Å². The molecule has 24 heavy (non-hydrogen) atoms. The van der Waals surface area contributed by atoms with Gasteiger partial charge >= 0.3 is 5.97 Å². The normalized spacial score (nSPS) is 43.5. The van der Waals surface area contributed by atoms with E-state index in [2.05, 4.69) is 0 Å². The smallest absolute Gasteiger partial charge is 0.329 e. The average molecular weight is 335 g/mol. The Morgan fingerprint density at radius 3 is 2.08 bits per heavy atom. The third kappa shape index (κ3) is 2.65. The number of amides is 1. The zero-order valence-corrected chi connectivity index (χ0v) is 14.7. The zero-order valence-electron chi connectivity index (χ0n) is 14.7. The maximum absolute atomic E-state index is 13.5. The molecule has 4 bridgehead atoms. The van der Waals surface area contributed by atoms with Gasteiger partial charge in [0.2, 0.25) is 5.91 Å². The number of rotatable bonds is 3. The number of aliphatic hydroxyl groups is 1. The second-order valence-corrected chi connectivity index (χ2v) is 9.05. The molecule has 5 heteroatoms. The standard InChI is InChI=1S/C19H29NO4/c1-11(2)24-17(22)16-6-15(21)10-20(16)18(23)19-7-12-3-13(8-19)5-14(4-12)9-19/h11-16,21H,3-10H2,1-2H3/t12?,13?,14?,15-,16+,19?/m1/s1. The van der Waals surface area contributed by atoms with Gasteiger partial charge < -0.3 is 14.7 Å². The summed E-state index contributed by atoms with van der Waals surface area (Å²) in [6.07, 6.45) is 6.29. The van der Waals surface area contributed by atoms with Crippen LogP contribution in [-0.4, -0.2) is 46.7 Å². The number of nitrogens with zero attached hydrogens (tertiary/aromatic N) is 1. The molecule has 0 aromatic rings. The molecule has 5 aliphatic rings. The van der Waals surface area contributed by atoms with Gasteiger partial charge in [0.15, 0.2) is 0 Å². The number of ether oxygens (including phenoxy) is 1. The molecule has 0 radical (unpaired) electrons. The molecular formula is C19H29NO4. The maximum atomic E-state index is 13.5. The van der Waals surface area contributed by atoms with Crippen molar-refractivity contribution in [2.45, 2.75) is 77.0 Å². The minimum atomic E-state index is -0.618. The van der Waals surface area contributed by atoms with Crippen LogP contribution in [-0.2, 0) is 14.3 Å². The topological polar surface area (TPSA) is 66.8 Å². The number of β-amino-alcohol motifs (C(OH)–C–C–N with tert-alkyl or cyclic N) is 1. The van der Waals surface area contributed by atoms with E-state index in [0.717, 1.165) is 19.3 Å². The second kappa shape index (κ2) is 5.72. The summed E-state index contributed by atoms with van der Waals surface area (Å²) in [6.45, 7) is 3.90. The fraction of sp³-hybridized carbons (Fsp3) is 0.895. The lowest BCUT2D eigenvalue weighted by molar-refractivity contribution is -0.167. The lowest BCUT2D eigenvalue weighted by Gasteiger charge is -2.56. The maximum Gasteiger partial charge on any atom is 0.329 e. The number of aliphatic hydroxyl groups excluding tert-OH is 1. The molecule has 2 atom stereocenters. The fourth-order valence-corrected chi connectivity index (χ4v) is 6.25. The molecule has 0 aromatic carbocycles. The molecule has 1 saturated heterocycles. The van der Waals surface area contributed by atoms with Crippen molar-refractivity contribution in [3.8, 4) is 0 Å². The van der Waals surface area contributed by atoms with Gasteiger partial charge in [-0.1, -0.05) is 0 Å². The molecule has 1 amide bonds. The number of hydrogen-bond donors (Lipinski definition) is 1. The van der Waals surface area contributed by atoms with E-state index in [1.807, 2.05) is 13.8 Å². The highest BCUT2D eigenvalue weighted by atomic mass is 16.5. The van der Waals surface area contributed by atoms with Gasteiger partial charge in [0.05, 0.1) is 17.6 Å². The van der Waals surface area contributed by atoms with E-state index in [0.29, 0.717) is 24.2 Å². The van der Waals surface area contributed by atoms with Crippen molar-refractivity contribution in [1.29, 1.82) is 0 Å². The summed E-state index contributed by atoms with van der Waals surface area (Å²) >= 11 is 0. The highest BCUT2D eigenvalue weighted by molar-refractivity contribution is 5.89. The molecule has 0 unspecified atom stereocenters. The van der Waals surface area contributed by atoms with E-state index in [9.17, 15) is 14.7 Å². The molecule has 5 rings (SSSR count). The van der Waals surface area contributed by atoms with Crippen molar-refractivity contribution in [2.24, 2.45) is 23.2 Å². The van der Waals surface area contributed by atoms with Crippen molar-refractivity contribution in [2.75, 3.05) is 6.54 Å². The molecule has 5 nitrogen and oxygen atoms in total. The Morgan fingerprint density at radius 2 is 1.58 bits per heavy atom. The summed E-state index contributed by atoms with van der Waals surface area (Å²) in [6, 6.07) is -0.608. The Labute approximate surface area is 143 Å². The van der Waals surface area contributed by atoms with Crippen LogP contribution in [0.15, 0.2) is 0 Å². The van der Waals surface area contributed by atoms with Crippen molar-refractivity contribution in [3.63, 3.8) is 0 Å². The number of carbonyl (C=O) groups is 2. The molecule has 134 valence electrons. The first-order chi connectivity index (χ1) is 11.4. The SMILES string of the molecule is CC(C)OC(=O)[C@@H]1C[C@@H](O)CN1C(=O)C12CC3CC(CC(C3)C1)C2. The van der Waals surface area contributed by atoms with Crippen molar-refractivity contribution in [1.82, 2.24) is 4.90 Å². The van der Waals surface area contributed by atoms with Crippen LogP contribution in [0.5, 0.6) is 0 Å². The molecule has 5 fully saturated rings. The Morgan fingerprint density at radius 1 is 1.04 bits per heavy atom. The largest absolute Gasteiger partial charge is 0.461 e. The summed E-state index contributed by atoms with van der Waals surface area (Å²) < 4.78 is 5.34. The average Bonchev–Trinajstić information content (AvgIpc) is 2.86. The molecule has 0 aromatic heterocycles. The third-order valence-corrected chi connectivity index (χ3v) is 6.66. The fourth-order valence-electron chi connectivity index (χ4n) is 6.25. The second-order valence-electron chi connectivity index (χ2n) is 9.05. The minimum Gasteiger partial charge on any atom is -0.461 e. The Kier molecular flexibility index (Phi) is 3.90. The number of esters is 1. The van der Waals surface area contributed by atoms with Gasteiger partial charge in [-0.15, -0.1) is 0 Å². The van der Waals surface area contributed by atoms with E-state index in [1.54, 1.807) is 4.90 Å². The highest BCUT2D eigenvalue weighted by Gasteiger charge is 2.57.